The van der Waals surface area contributed by atoms with Gasteiger partial charge in [0.25, 0.3) is 0 Å². The first-order chi connectivity index (χ1) is 32.2. The van der Waals surface area contributed by atoms with Crippen LogP contribution in [0.3, 0.4) is 0 Å². The number of esters is 5. The summed E-state index contributed by atoms with van der Waals surface area (Å²) in [5.41, 5.74) is 0.872. The second-order valence-corrected chi connectivity index (χ2v) is 17.4. The van der Waals surface area contributed by atoms with Crippen LogP contribution in [0.2, 0.25) is 0 Å². The van der Waals surface area contributed by atoms with Crippen molar-refractivity contribution in [1.82, 2.24) is 0 Å². The molecule has 14 nitrogen and oxygen atoms in total. The molecule has 14 heteroatoms. The molecule has 0 heterocycles. The molecule has 6 unspecified atom stereocenters. The number of rotatable bonds is 29. The molecular weight excluding hydrogens is 861 g/mol. The summed E-state index contributed by atoms with van der Waals surface area (Å²) in [6.07, 6.45) is 16.0. The number of ether oxygens (including phenoxy) is 8. The van der Waals surface area contributed by atoms with Gasteiger partial charge in [-0.05, 0) is 121 Å². The van der Waals surface area contributed by atoms with Crippen LogP contribution in [0.1, 0.15) is 151 Å². The van der Waals surface area contributed by atoms with Gasteiger partial charge in [-0.1, -0.05) is 77.3 Å². The largest absolute Gasteiger partial charge is 0.490 e. The number of carbonyl (C=O) groups excluding carboxylic acids is 6. The van der Waals surface area contributed by atoms with Crippen LogP contribution >= 0.6 is 0 Å². The molecule has 0 aliphatic heterocycles. The topological polar surface area (TPSA) is 176 Å². The van der Waals surface area contributed by atoms with Crippen LogP contribution in [0, 0.1) is 23.7 Å². The third-order valence-electron chi connectivity index (χ3n) is 11.5. The third kappa shape index (κ3) is 28.4. The van der Waals surface area contributed by atoms with Crippen LogP contribution in [0.4, 0.5) is 0 Å². The van der Waals surface area contributed by atoms with E-state index in [2.05, 4.69) is 20.1 Å². The highest BCUT2D eigenvalue weighted by Gasteiger charge is 2.48. The van der Waals surface area contributed by atoms with Gasteiger partial charge in [-0.3, -0.25) is 14.4 Å². The Morgan fingerprint density at radius 2 is 1.06 bits per heavy atom. The minimum atomic E-state index is -0.939. The van der Waals surface area contributed by atoms with E-state index in [0.717, 1.165) is 64.0 Å². The van der Waals surface area contributed by atoms with E-state index < -0.39 is 24.0 Å². The summed E-state index contributed by atoms with van der Waals surface area (Å²) in [6, 6.07) is 9.40. The number of Topliss-reactive ketones (excluding diaryl/α,β-unsaturated/α-hetero) is 1. The maximum Gasteiger partial charge on any atom is 0.374 e. The average Bonchev–Trinajstić information content (AvgIpc) is 4.08. The van der Waals surface area contributed by atoms with Crippen molar-refractivity contribution in [3.8, 4) is 5.75 Å². The van der Waals surface area contributed by atoms with Gasteiger partial charge in [0.2, 0.25) is 5.78 Å². The van der Waals surface area contributed by atoms with Crippen molar-refractivity contribution in [2.45, 2.75) is 163 Å². The Kier molecular flexibility index (Phi) is 33.8. The fourth-order valence-electron chi connectivity index (χ4n) is 7.98. The Labute approximate surface area is 401 Å². The van der Waals surface area contributed by atoms with E-state index in [1.165, 1.54) is 23.7 Å². The Hall–Kier alpha value is -4.56. The first-order valence-corrected chi connectivity index (χ1v) is 24.7. The lowest BCUT2D eigenvalue weighted by atomic mass is 9.82. The molecule has 0 spiro atoms. The maximum atomic E-state index is 12.1. The summed E-state index contributed by atoms with van der Waals surface area (Å²) in [5, 5.41) is 0. The highest BCUT2D eigenvalue weighted by Crippen LogP contribution is 2.58. The molecule has 0 radical (unpaired) electrons. The zero-order valence-corrected chi connectivity index (χ0v) is 42.0. The van der Waals surface area contributed by atoms with Gasteiger partial charge < -0.3 is 37.9 Å². The summed E-state index contributed by atoms with van der Waals surface area (Å²) in [4.78, 5) is 67.2. The minimum Gasteiger partial charge on any atom is -0.490 e. The second-order valence-electron chi connectivity index (χ2n) is 17.4. The number of hydrogen-bond acceptors (Lipinski definition) is 14. The van der Waals surface area contributed by atoms with Crippen LogP contribution in [0.25, 0.3) is 0 Å². The number of carbonyl (C=O) groups is 6. The van der Waals surface area contributed by atoms with Gasteiger partial charge in [0.15, 0.2) is 12.2 Å². The van der Waals surface area contributed by atoms with Gasteiger partial charge >= 0.3 is 29.8 Å². The van der Waals surface area contributed by atoms with E-state index in [1.807, 2.05) is 44.2 Å². The smallest absolute Gasteiger partial charge is 0.374 e. The number of hydrogen-bond donors (Lipinski definition) is 0. The van der Waals surface area contributed by atoms with Crippen molar-refractivity contribution in [1.29, 1.82) is 0 Å². The van der Waals surface area contributed by atoms with Gasteiger partial charge in [-0.2, -0.15) is 0 Å². The second kappa shape index (κ2) is 37.4. The normalized spacial score (nSPS) is 18.1. The molecule has 0 aromatic heterocycles. The maximum absolute atomic E-state index is 12.1. The van der Waals surface area contributed by atoms with E-state index in [4.69, 9.17) is 37.9 Å². The van der Waals surface area contributed by atoms with E-state index in [0.29, 0.717) is 57.0 Å². The number of fused-ring (bicyclic) bond motifs is 5. The lowest BCUT2D eigenvalue weighted by Crippen LogP contribution is -2.31. The van der Waals surface area contributed by atoms with Crippen molar-refractivity contribution in [2.24, 2.45) is 23.7 Å². The lowest BCUT2D eigenvalue weighted by molar-refractivity contribution is -0.164. The molecule has 4 rings (SSSR count). The fourth-order valence-corrected chi connectivity index (χ4v) is 7.98. The first-order valence-electron chi connectivity index (χ1n) is 24.7. The lowest BCUT2D eigenvalue weighted by Gasteiger charge is -2.23. The number of unbranched alkanes of at least 4 members (excludes halogenated alkanes) is 5. The fraction of sp³-hybridized carbons (Fsp3) is 0.698. The summed E-state index contributed by atoms with van der Waals surface area (Å²) >= 11 is 0. The molecule has 380 valence electrons. The van der Waals surface area contributed by atoms with Gasteiger partial charge in [-0.15, -0.1) is 0 Å². The Bertz CT molecular complexity index is 1580. The molecule has 1 aromatic carbocycles. The van der Waals surface area contributed by atoms with Crippen molar-refractivity contribution in [3.63, 3.8) is 0 Å². The molecule has 3 fully saturated rings. The molecule has 0 saturated heterocycles. The van der Waals surface area contributed by atoms with Crippen LogP contribution in [-0.4, -0.2) is 101 Å². The van der Waals surface area contributed by atoms with E-state index in [-0.39, 0.29) is 43.7 Å². The summed E-state index contributed by atoms with van der Waals surface area (Å²) in [7, 11) is 0. The number of ketones is 1. The van der Waals surface area contributed by atoms with Crippen molar-refractivity contribution in [2.75, 3.05) is 52.9 Å². The molecular formula is C53H84O14. The van der Waals surface area contributed by atoms with Crippen molar-refractivity contribution >= 4 is 35.6 Å². The Morgan fingerprint density at radius 3 is 1.55 bits per heavy atom. The quantitative estimate of drug-likeness (QED) is 0.0244. The van der Waals surface area contributed by atoms with Crippen LogP contribution in [0.15, 0.2) is 54.6 Å². The number of para-hydroxylation sites is 1. The monoisotopic (exact) mass is 945 g/mol. The van der Waals surface area contributed by atoms with Gasteiger partial charge in [0.05, 0.1) is 26.4 Å². The minimum absolute atomic E-state index is 0.138. The average molecular weight is 945 g/mol. The molecule has 2 bridgehead atoms. The predicted molar refractivity (Wildman–Crippen MR) is 257 cm³/mol. The summed E-state index contributed by atoms with van der Waals surface area (Å²) in [5.74, 6) is 2.65. The highest BCUT2D eigenvalue weighted by molar-refractivity contribution is 6.32. The molecule has 0 N–H and O–H groups in total. The van der Waals surface area contributed by atoms with Gasteiger partial charge in [-0.25, -0.2) is 14.4 Å². The molecule has 3 aliphatic rings. The zero-order valence-electron chi connectivity index (χ0n) is 42.0. The predicted octanol–water partition coefficient (Wildman–Crippen LogP) is 10.1. The van der Waals surface area contributed by atoms with E-state index in [9.17, 15) is 28.8 Å². The molecule has 3 saturated carbocycles. The first kappa shape index (κ1) is 60.5. The standard InChI is InChI=1S/C22H32O6.C13H22O6.C10H16.C8H14O2/c1-4-25-16-20(17-27-19-12-8-7-9-13-19)28-21(23)14-10-5-6-11-15-26-22(24)18(2)3;1-4-6-7-12(15)19-11(8-17-5-2)9-18-13(16)10(3)14;1-2-9-7-4-5-8(6-7)10(9)3-1;1-4-5-6-10-8(9)7(2)3/h7-9,12-13,20H,2,4-6,10-11,14-17H2,1,3H3;11H,4-9H2,1-3H3;7-10H,1-6H2;2,4-6H2,1,3H3. The summed E-state index contributed by atoms with van der Waals surface area (Å²) < 4.78 is 41.4. The molecule has 67 heavy (non-hydrogen) atoms. The van der Waals surface area contributed by atoms with Crippen LogP contribution in [-0.2, 0) is 61.9 Å². The van der Waals surface area contributed by atoms with Crippen molar-refractivity contribution < 1.29 is 66.7 Å². The van der Waals surface area contributed by atoms with Crippen molar-refractivity contribution in [3.05, 3.63) is 54.6 Å². The zero-order chi connectivity index (χ0) is 49.8. The number of benzene rings is 1. The Morgan fingerprint density at radius 1 is 0.567 bits per heavy atom. The van der Waals surface area contributed by atoms with Crippen LogP contribution in [0.5, 0.6) is 5.75 Å². The summed E-state index contributed by atoms with van der Waals surface area (Å²) in [6.45, 7) is 21.5. The highest BCUT2D eigenvalue weighted by atomic mass is 16.6. The Balaban J connectivity index is 0.000000490. The third-order valence-corrected chi connectivity index (χ3v) is 11.5. The molecule has 3 aliphatic carbocycles. The van der Waals surface area contributed by atoms with Crippen LogP contribution < -0.4 is 4.74 Å². The van der Waals surface area contributed by atoms with E-state index in [1.54, 1.807) is 59.3 Å². The molecule has 1 aromatic rings. The molecule has 0 amide bonds. The SMILES string of the molecule is C1CC2C3CCC(C3)C2C1.C=C(C)C(=O)OCCCC.C=C(C)C(=O)OCCCCCCC(=O)OC(COCC)COc1ccccc1.CCCCC(=O)OC(COCC)COC(=O)C(C)=O. The van der Waals surface area contributed by atoms with Gasteiger partial charge in [0.1, 0.15) is 19.0 Å². The van der Waals surface area contributed by atoms with E-state index >= 15 is 0 Å². The van der Waals surface area contributed by atoms with Gasteiger partial charge in [0, 0.05) is 44.1 Å². The molecule has 6 atom stereocenters.